The topological polar surface area (TPSA) is 38.3 Å². The second-order valence-electron chi connectivity index (χ2n) is 5.78. The molecule has 4 heteroatoms. The van der Waals surface area contributed by atoms with E-state index < -0.39 is 0 Å². The van der Waals surface area contributed by atoms with Crippen molar-refractivity contribution in [3.05, 3.63) is 83.9 Å². The van der Waals surface area contributed by atoms with E-state index in [0.29, 0.717) is 12.2 Å². The Morgan fingerprint density at radius 3 is 2.46 bits per heavy atom. The van der Waals surface area contributed by atoms with Crippen molar-refractivity contribution in [3.63, 3.8) is 0 Å². The number of para-hydroxylation sites is 1. The zero-order chi connectivity index (χ0) is 18.4. The maximum Gasteiger partial charge on any atom is 0.255 e. The van der Waals surface area contributed by atoms with Gasteiger partial charge in [0.05, 0.1) is 12.3 Å². The van der Waals surface area contributed by atoms with Gasteiger partial charge in [0.2, 0.25) is 0 Å². The summed E-state index contributed by atoms with van der Waals surface area (Å²) in [5, 5.41) is 3.03. The minimum Gasteiger partial charge on any atom is -0.494 e. The third-order valence-corrected chi connectivity index (χ3v) is 4.93. The Kier molecular flexibility index (Phi) is 5.97. The van der Waals surface area contributed by atoms with E-state index >= 15 is 0 Å². The Morgan fingerprint density at radius 1 is 1.00 bits per heavy atom. The minimum absolute atomic E-state index is 0.128. The summed E-state index contributed by atoms with van der Waals surface area (Å²) in [6.45, 7) is 4.50. The summed E-state index contributed by atoms with van der Waals surface area (Å²) in [5.41, 5.74) is 2.37. The van der Waals surface area contributed by atoms with Crippen molar-refractivity contribution >= 4 is 23.4 Å². The molecule has 0 bridgehead atoms. The molecule has 3 rings (SSSR count). The molecule has 3 aromatic carbocycles. The van der Waals surface area contributed by atoms with E-state index in [-0.39, 0.29) is 5.91 Å². The van der Waals surface area contributed by atoms with Gasteiger partial charge >= 0.3 is 0 Å². The second-order valence-corrected chi connectivity index (χ2v) is 6.89. The number of ether oxygens (including phenoxy) is 1. The van der Waals surface area contributed by atoms with Gasteiger partial charge in [-0.1, -0.05) is 42.1 Å². The first-order valence-corrected chi connectivity index (χ1v) is 9.35. The van der Waals surface area contributed by atoms with Gasteiger partial charge < -0.3 is 10.1 Å². The van der Waals surface area contributed by atoms with Crippen LogP contribution in [0.1, 0.15) is 22.8 Å². The Labute approximate surface area is 158 Å². The zero-order valence-corrected chi connectivity index (χ0v) is 15.7. The predicted molar refractivity (Wildman–Crippen MR) is 107 cm³/mol. The molecule has 0 aliphatic carbocycles. The van der Waals surface area contributed by atoms with Gasteiger partial charge in [-0.3, -0.25) is 4.79 Å². The molecule has 0 heterocycles. The molecule has 3 nitrogen and oxygen atoms in total. The molecular weight excluding hydrogens is 342 g/mol. The van der Waals surface area contributed by atoms with Gasteiger partial charge in [0, 0.05) is 15.4 Å². The molecule has 1 amide bonds. The maximum atomic E-state index is 12.7. The van der Waals surface area contributed by atoms with Crippen LogP contribution in [0.4, 0.5) is 5.69 Å². The number of anilines is 1. The van der Waals surface area contributed by atoms with Crippen LogP contribution in [0.5, 0.6) is 5.75 Å². The number of carbonyl (C=O) groups excluding carboxylic acids is 1. The Bertz CT molecular complexity index is 894. The molecule has 0 aromatic heterocycles. The van der Waals surface area contributed by atoms with Gasteiger partial charge in [-0.2, -0.15) is 0 Å². The fraction of sp³-hybridized carbons (Fsp3) is 0.136. The Morgan fingerprint density at radius 2 is 1.73 bits per heavy atom. The molecule has 0 unspecified atom stereocenters. The smallest absolute Gasteiger partial charge is 0.255 e. The largest absolute Gasteiger partial charge is 0.494 e. The Balaban J connectivity index is 1.78. The van der Waals surface area contributed by atoms with Crippen molar-refractivity contribution in [2.24, 2.45) is 0 Å². The monoisotopic (exact) mass is 363 g/mol. The fourth-order valence-corrected chi connectivity index (χ4v) is 3.50. The highest BCUT2D eigenvalue weighted by atomic mass is 32.2. The van der Waals surface area contributed by atoms with Crippen molar-refractivity contribution in [2.45, 2.75) is 23.6 Å². The summed E-state index contributed by atoms with van der Waals surface area (Å²) in [6, 6.07) is 23.4. The lowest BCUT2D eigenvalue weighted by Gasteiger charge is -2.12. The summed E-state index contributed by atoms with van der Waals surface area (Å²) < 4.78 is 5.54. The lowest BCUT2D eigenvalue weighted by molar-refractivity contribution is 0.102. The molecule has 3 aromatic rings. The summed E-state index contributed by atoms with van der Waals surface area (Å²) >= 11 is 1.63. The van der Waals surface area contributed by atoms with Crippen LogP contribution in [0.2, 0.25) is 0 Å². The number of rotatable bonds is 6. The molecule has 0 radical (unpaired) electrons. The van der Waals surface area contributed by atoms with Gasteiger partial charge in [-0.05, 0) is 61.9 Å². The third kappa shape index (κ3) is 4.46. The quantitative estimate of drug-likeness (QED) is 0.602. The normalized spacial score (nSPS) is 10.4. The number of aryl methyl sites for hydroxylation is 1. The van der Waals surface area contributed by atoms with E-state index in [4.69, 9.17) is 4.74 Å². The van der Waals surface area contributed by atoms with Gasteiger partial charge in [0.15, 0.2) is 0 Å². The summed E-state index contributed by atoms with van der Waals surface area (Å²) in [7, 11) is 0. The molecule has 0 atom stereocenters. The van der Waals surface area contributed by atoms with Gasteiger partial charge in [0.1, 0.15) is 5.75 Å². The first-order valence-electron chi connectivity index (χ1n) is 8.54. The number of hydrogen-bond acceptors (Lipinski definition) is 3. The number of benzene rings is 3. The summed E-state index contributed by atoms with van der Waals surface area (Å²) in [6.07, 6.45) is 0. The number of nitrogens with one attached hydrogen (secondary N) is 1. The van der Waals surface area contributed by atoms with Crippen molar-refractivity contribution in [3.8, 4) is 5.75 Å². The minimum atomic E-state index is -0.128. The van der Waals surface area contributed by atoms with Crippen LogP contribution in [0, 0.1) is 6.92 Å². The lowest BCUT2D eigenvalue weighted by Crippen LogP contribution is -2.12. The highest BCUT2D eigenvalue weighted by Crippen LogP contribution is 2.33. The van der Waals surface area contributed by atoms with Crippen LogP contribution in [-0.2, 0) is 0 Å². The lowest BCUT2D eigenvalue weighted by atomic mass is 10.1. The van der Waals surface area contributed by atoms with E-state index in [2.05, 4.69) is 17.4 Å². The second kappa shape index (κ2) is 8.59. The molecule has 0 aliphatic rings. The zero-order valence-electron chi connectivity index (χ0n) is 14.9. The van der Waals surface area contributed by atoms with Crippen molar-refractivity contribution in [2.75, 3.05) is 11.9 Å². The molecule has 0 fully saturated rings. The first-order chi connectivity index (χ1) is 12.7. The number of carbonyl (C=O) groups is 1. The van der Waals surface area contributed by atoms with E-state index in [1.54, 1.807) is 17.8 Å². The van der Waals surface area contributed by atoms with Crippen molar-refractivity contribution < 1.29 is 9.53 Å². The van der Waals surface area contributed by atoms with Crippen LogP contribution in [0.15, 0.2) is 82.6 Å². The van der Waals surface area contributed by atoms with E-state index in [0.717, 1.165) is 26.8 Å². The van der Waals surface area contributed by atoms with Gasteiger partial charge in [-0.25, -0.2) is 0 Å². The van der Waals surface area contributed by atoms with E-state index in [1.807, 2.05) is 68.4 Å². The maximum absolute atomic E-state index is 12.7. The molecular formula is C22H21NO2S. The fourth-order valence-electron chi connectivity index (χ4n) is 2.58. The van der Waals surface area contributed by atoms with Gasteiger partial charge in [0.25, 0.3) is 5.91 Å². The van der Waals surface area contributed by atoms with E-state index in [9.17, 15) is 4.79 Å². The number of amides is 1. The standard InChI is InChI=1S/C22H21NO2S/c1-3-25-20-14-13-17(15-16(20)2)22(24)23-19-11-7-8-12-21(19)26-18-9-5-4-6-10-18/h4-15H,3H2,1-2H3,(H,23,24). The molecule has 0 aliphatic heterocycles. The van der Waals surface area contributed by atoms with Crippen LogP contribution in [-0.4, -0.2) is 12.5 Å². The van der Waals surface area contributed by atoms with Crippen molar-refractivity contribution in [1.82, 2.24) is 0 Å². The third-order valence-electron chi connectivity index (χ3n) is 3.84. The highest BCUT2D eigenvalue weighted by molar-refractivity contribution is 7.99. The predicted octanol–water partition coefficient (Wildman–Crippen LogP) is 5.80. The summed E-state index contributed by atoms with van der Waals surface area (Å²) in [4.78, 5) is 14.8. The molecule has 132 valence electrons. The number of hydrogen-bond donors (Lipinski definition) is 1. The average Bonchev–Trinajstić information content (AvgIpc) is 2.66. The molecule has 0 spiro atoms. The molecule has 1 N–H and O–H groups in total. The molecule has 26 heavy (non-hydrogen) atoms. The van der Waals surface area contributed by atoms with Crippen LogP contribution < -0.4 is 10.1 Å². The van der Waals surface area contributed by atoms with Crippen LogP contribution in [0.25, 0.3) is 0 Å². The van der Waals surface area contributed by atoms with Crippen molar-refractivity contribution in [1.29, 1.82) is 0 Å². The highest BCUT2D eigenvalue weighted by Gasteiger charge is 2.11. The summed E-state index contributed by atoms with van der Waals surface area (Å²) in [5.74, 6) is 0.682. The Hall–Kier alpha value is -2.72. The van der Waals surface area contributed by atoms with Crippen LogP contribution >= 0.6 is 11.8 Å². The first kappa shape index (κ1) is 18.1. The van der Waals surface area contributed by atoms with E-state index in [1.165, 1.54) is 0 Å². The van der Waals surface area contributed by atoms with Gasteiger partial charge in [-0.15, -0.1) is 0 Å². The van der Waals surface area contributed by atoms with Crippen LogP contribution in [0.3, 0.4) is 0 Å². The molecule has 0 saturated heterocycles. The molecule has 0 saturated carbocycles. The average molecular weight is 363 g/mol. The SMILES string of the molecule is CCOc1ccc(C(=O)Nc2ccccc2Sc2ccccc2)cc1C.